The fraction of sp³-hybridized carbons (Fsp3) is 0.182. The number of nitrogens with zero attached hydrogens (tertiary/aromatic N) is 1. The van der Waals surface area contributed by atoms with Crippen molar-refractivity contribution in [2.24, 2.45) is 0 Å². The number of nitrogens with one attached hydrogen (secondary N) is 1. The van der Waals surface area contributed by atoms with Gasteiger partial charge in [0.1, 0.15) is 0 Å². The van der Waals surface area contributed by atoms with Gasteiger partial charge in [-0.1, -0.05) is 0 Å². The molecule has 0 amide bonds. The van der Waals surface area contributed by atoms with Crippen molar-refractivity contribution < 1.29 is 13.2 Å². The molecule has 0 aliphatic heterocycles. The average molecular weight is 226 g/mol. The standard InChI is InChI=1S/C11H9F3N2/c1-2-15-7-3-4-16-8-5-6(12)10(13)11(14)9(7)8/h3-5H,2H2,1H3,(H,15,16). The highest BCUT2D eigenvalue weighted by Gasteiger charge is 2.16. The van der Waals surface area contributed by atoms with Crippen LogP contribution in [0.15, 0.2) is 18.3 Å². The van der Waals surface area contributed by atoms with Gasteiger partial charge in [-0.15, -0.1) is 0 Å². The highest BCUT2D eigenvalue weighted by molar-refractivity contribution is 5.91. The number of fused-ring (bicyclic) bond motifs is 1. The van der Waals surface area contributed by atoms with E-state index in [1.807, 2.05) is 6.92 Å². The third kappa shape index (κ3) is 1.58. The highest BCUT2D eigenvalue weighted by atomic mass is 19.2. The average Bonchev–Trinajstić information content (AvgIpc) is 2.26. The molecule has 0 aliphatic carbocycles. The van der Waals surface area contributed by atoms with Crippen molar-refractivity contribution >= 4 is 16.6 Å². The van der Waals surface area contributed by atoms with Crippen LogP contribution in [0, 0.1) is 17.5 Å². The summed E-state index contributed by atoms with van der Waals surface area (Å²) in [5.74, 6) is -3.91. The molecule has 0 unspecified atom stereocenters. The molecule has 16 heavy (non-hydrogen) atoms. The van der Waals surface area contributed by atoms with Crippen LogP contribution < -0.4 is 5.32 Å². The van der Waals surface area contributed by atoms with Crippen LogP contribution in [0.5, 0.6) is 0 Å². The van der Waals surface area contributed by atoms with E-state index in [1.54, 1.807) is 0 Å². The lowest BCUT2D eigenvalue weighted by atomic mass is 10.1. The number of aromatic nitrogens is 1. The normalized spacial score (nSPS) is 10.8. The number of halogens is 3. The Labute approximate surface area is 90.1 Å². The predicted octanol–water partition coefficient (Wildman–Crippen LogP) is 3.08. The molecule has 1 aromatic heterocycles. The molecule has 1 N–H and O–H groups in total. The first kappa shape index (κ1) is 10.7. The van der Waals surface area contributed by atoms with Gasteiger partial charge in [0.25, 0.3) is 0 Å². The molecule has 0 bridgehead atoms. The van der Waals surface area contributed by atoms with Gasteiger partial charge in [0.2, 0.25) is 0 Å². The minimum Gasteiger partial charge on any atom is -0.385 e. The molecule has 1 aromatic carbocycles. The lowest BCUT2D eigenvalue weighted by molar-refractivity contribution is 0.453. The molecule has 0 saturated carbocycles. The summed E-state index contributed by atoms with van der Waals surface area (Å²) in [5.41, 5.74) is 0.499. The van der Waals surface area contributed by atoms with Gasteiger partial charge in [-0.2, -0.15) is 0 Å². The second-order valence-corrected chi connectivity index (χ2v) is 3.27. The third-order valence-electron chi connectivity index (χ3n) is 2.23. The van der Waals surface area contributed by atoms with Crippen LogP contribution in [0.4, 0.5) is 18.9 Å². The van der Waals surface area contributed by atoms with Crippen molar-refractivity contribution in [1.82, 2.24) is 4.98 Å². The summed E-state index contributed by atoms with van der Waals surface area (Å²) in [4.78, 5) is 3.80. The maximum absolute atomic E-state index is 13.5. The molecule has 0 radical (unpaired) electrons. The molecule has 0 atom stereocenters. The van der Waals surface area contributed by atoms with Crippen LogP contribution in [0.1, 0.15) is 6.92 Å². The van der Waals surface area contributed by atoms with E-state index >= 15 is 0 Å². The van der Waals surface area contributed by atoms with Crippen LogP contribution in [0.2, 0.25) is 0 Å². The van der Waals surface area contributed by atoms with Gasteiger partial charge in [-0.3, -0.25) is 4.98 Å². The number of benzene rings is 1. The van der Waals surface area contributed by atoms with Gasteiger partial charge in [0.05, 0.1) is 10.9 Å². The van der Waals surface area contributed by atoms with Crippen molar-refractivity contribution in [2.45, 2.75) is 6.92 Å². The van der Waals surface area contributed by atoms with Gasteiger partial charge in [0, 0.05) is 24.5 Å². The summed E-state index contributed by atoms with van der Waals surface area (Å²) in [5, 5.41) is 2.84. The van der Waals surface area contributed by atoms with E-state index < -0.39 is 17.5 Å². The lowest BCUT2D eigenvalue weighted by Gasteiger charge is -2.08. The monoisotopic (exact) mass is 226 g/mol. The van der Waals surface area contributed by atoms with Gasteiger partial charge in [-0.25, -0.2) is 13.2 Å². The van der Waals surface area contributed by atoms with Gasteiger partial charge in [0.15, 0.2) is 17.5 Å². The van der Waals surface area contributed by atoms with Crippen LogP contribution in [0.25, 0.3) is 10.9 Å². The Bertz CT molecular complexity index is 540. The molecule has 0 saturated heterocycles. The van der Waals surface area contributed by atoms with E-state index in [0.29, 0.717) is 12.2 Å². The summed E-state index contributed by atoms with van der Waals surface area (Å²) < 4.78 is 39.6. The molecule has 5 heteroatoms. The Kier molecular flexibility index (Phi) is 2.68. The second-order valence-electron chi connectivity index (χ2n) is 3.27. The van der Waals surface area contributed by atoms with Crippen LogP contribution in [-0.4, -0.2) is 11.5 Å². The number of hydrogen-bond donors (Lipinski definition) is 1. The second kappa shape index (κ2) is 4.00. The maximum Gasteiger partial charge on any atom is 0.195 e. The Hall–Kier alpha value is -1.78. The zero-order valence-electron chi connectivity index (χ0n) is 8.52. The lowest BCUT2D eigenvalue weighted by Crippen LogP contribution is -2.01. The first-order valence-corrected chi connectivity index (χ1v) is 4.81. The SMILES string of the molecule is CCNc1ccnc2cc(F)c(F)c(F)c12. The van der Waals surface area contributed by atoms with E-state index in [9.17, 15) is 13.2 Å². The highest BCUT2D eigenvalue weighted by Crippen LogP contribution is 2.27. The zero-order valence-corrected chi connectivity index (χ0v) is 8.52. The van der Waals surface area contributed by atoms with Crippen LogP contribution in [0.3, 0.4) is 0 Å². The molecule has 1 heterocycles. The predicted molar refractivity (Wildman–Crippen MR) is 55.8 cm³/mol. The van der Waals surface area contributed by atoms with Crippen molar-refractivity contribution in [3.8, 4) is 0 Å². The van der Waals surface area contributed by atoms with Crippen molar-refractivity contribution in [1.29, 1.82) is 0 Å². The summed E-state index contributed by atoms with van der Waals surface area (Å²) in [7, 11) is 0. The minimum absolute atomic E-state index is 0.0248. The molecule has 0 fully saturated rings. The number of anilines is 1. The van der Waals surface area contributed by atoms with E-state index in [0.717, 1.165) is 6.07 Å². The van der Waals surface area contributed by atoms with Crippen molar-refractivity contribution in [3.63, 3.8) is 0 Å². The fourth-order valence-electron chi connectivity index (χ4n) is 1.55. The van der Waals surface area contributed by atoms with E-state index in [1.165, 1.54) is 12.3 Å². The van der Waals surface area contributed by atoms with Crippen molar-refractivity contribution in [2.75, 3.05) is 11.9 Å². The first-order chi connectivity index (χ1) is 7.65. The summed E-state index contributed by atoms with van der Waals surface area (Å²) in [6.07, 6.45) is 1.41. The Morgan fingerprint density at radius 1 is 1.25 bits per heavy atom. The fourth-order valence-corrected chi connectivity index (χ4v) is 1.55. The Morgan fingerprint density at radius 3 is 2.69 bits per heavy atom. The molecule has 0 aliphatic rings. The molecule has 84 valence electrons. The first-order valence-electron chi connectivity index (χ1n) is 4.81. The summed E-state index contributed by atoms with van der Waals surface area (Å²) >= 11 is 0. The number of rotatable bonds is 2. The van der Waals surface area contributed by atoms with Crippen LogP contribution >= 0.6 is 0 Å². The van der Waals surface area contributed by atoms with Gasteiger partial charge < -0.3 is 5.32 Å². The maximum atomic E-state index is 13.5. The van der Waals surface area contributed by atoms with Gasteiger partial charge in [-0.05, 0) is 13.0 Å². The zero-order chi connectivity index (χ0) is 11.7. The molecular weight excluding hydrogens is 217 g/mol. The number of hydrogen-bond acceptors (Lipinski definition) is 2. The molecule has 2 rings (SSSR count). The van der Waals surface area contributed by atoms with E-state index in [-0.39, 0.29) is 10.9 Å². The van der Waals surface area contributed by atoms with Gasteiger partial charge >= 0.3 is 0 Å². The molecular formula is C11H9F3N2. The third-order valence-corrected chi connectivity index (χ3v) is 2.23. The summed E-state index contributed by atoms with van der Waals surface area (Å²) in [6.45, 7) is 2.38. The smallest absolute Gasteiger partial charge is 0.195 e. The van der Waals surface area contributed by atoms with E-state index in [2.05, 4.69) is 10.3 Å². The quantitative estimate of drug-likeness (QED) is 0.796. The largest absolute Gasteiger partial charge is 0.385 e. The molecule has 2 nitrogen and oxygen atoms in total. The van der Waals surface area contributed by atoms with Crippen LogP contribution in [-0.2, 0) is 0 Å². The summed E-state index contributed by atoms with van der Waals surface area (Å²) in [6, 6.07) is 2.40. The Balaban J connectivity index is 2.80. The minimum atomic E-state index is -1.47. The van der Waals surface area contributed by atoms with Crippen molar-refractivity contribution in [3.05, 3.63) is 35.8 Å². The topological polar surface area (TPSA) is 24.9 Å². The number of pyridine rings is 1. The Morgan fingerprint density at radius 2 is 2.00 bits per heavy atom. The molecule has 2 aromatic rings. The van der Waals surface area contributed by atoms with E-state index in [4.69, 9.17) is 0 Å². The molecule has 0 spiro atoms.